The van der Waals surface area contributed by atoms with Gasteiger partial charge in [-0.2, -0.15) is 10.1 Å². The first-order valence-corrected chi connectivity index (χ1v) is 12.1. The van der Waals surface area contributed by atoms with Crippen molar-refractivity contribution in [3.05, 3.63) is 30.5 Å². The quantitative estimate of drug-likeness (QED) is 0.284. The van der Waals surface area contributed by atoms with Gasteiger partial charge < -0.3 is 20.1 Å². The van der Waals surface area contributed by atoms with E-state index < -0.39 is 18.9 Å². The molecular formula is C24H30F2N8O2. The van der Waals surface area contributed by atoms with E-state index in [2.05, 4.69) is 30.7 Å². The first-order valence-electron chi connectivity index (χ1n) is 12.1. The molecular weight excluding hydrogens is 470 g/mol. The van der Waals surface area contributed by atoms with Crippen LogP contribution in [0.15, 0.2) is 35.6 Å². The van der Waals surface area contributed by atoms with Gasteiger partial charge in [0.2, 0.25) is 11.8 Å². The van der Waals surface area contributed by atoms with Gasteiger partial charge in [0.05, 0.1) is 44.8 Å². The third-order valence-corrected chi connectivity index (χ3v) is 6.75. The Kier molecular flexibility index (Phi) is 7.23. The Morgan fingerprint density at radius 3 is 2.86 bits per heavy atom. The van der Waals surface area contributed by atoms with E-state index >= 15 is 0 Å². The summed E-state index contributed by atoms with van der Waals surface area (Å²) in [6.07, 6.45) is 1.76. The van der Waals surface area contributed by atoms with Crippen molar-refractivity contribution in [2.24, 2.45) is 5.11 Å². The summed E-state index contributed by atoms with van der Waals surface area (Å²) in [7, 11) is 1.53. The van der Waals surface area contributed by atoms with Gasteiger partial charge >= 0.3 is 0 Å². The van der Waals surface area contributed by atoms with Gasteiger partial charge in [-0.15, -0.1) is 5.10 Å². The number of aromatic nitrogens is 3. The second kappa shape index (κ2) is 10.7. The summed E-state index contributed by atoms with van der Waals surface area (Å²) in [6.45, 7) is 2.51. The molecule has 192 valence electrons. The van der Waals surface area contributed by atoms with Gasteiger partial charge in [0.15, 0.2) is 0 Å². The lowest BCUT2D eigenvalue weighted by Crippen LogP contribution is -2.57. The van der Waals surface area contributed by atoms with Crippen LogP contribution in [0.2, 0.25) is 0 Å². The molecule has 0 saturated carbocycles. The van der Waals surface area contributed by atoms with Gasteiger partial charge in [0.25, 0.3) is 0 Å². The van der Waals surface area contributed by atoms with Crippen LogP contribution in [0.4, 0.5) is 26.1 Å². The number of ether oxygens (including phenoxy) is 2. The van der Waals surface area contributed by atoms with Crippen LogP contribution in [0.25, 0.3) is 16.6 Å². The molecule has 3 N–H and O–H groups in total. The maximum absolute atomic E-state index is 15.0. The summed E-state index contributed by atoms with van der Waals surface area (Å²) in [5, 5.41) is 14.4. The second-order valence-corrected chi connectivity index (χ2v) is 9.02. The molecule has 12 heteroatoms. The van der Waals surface area contributed by atoms with Crippen molar-refractivity contribution in [1.29, 1.82) is 5.53 Å². The zero-order valence-corrected chi connectivity index (χ0v) is 20.1. The normalized spacial score (nSPS) is 20.8. The highest BCUT2D eigenvalue weighted by Crippen LogP contribution is 2.36. The highest BCUT2D eigenvalue weighted by atomic mass is 19.1. The number of nitrogens with one attached hydrogen (secondary N) is 3. The van der Waals surface area contributed by atoms with Gasteiger partial charge in [0, 0.05) is 31.4 Å². The Morgan fingerprint density at radius 1 is 1.31 bits per heavy atom. The molecule has 2 atom stereocenters. The Labute approximate surface area is 207 Å². The Morgan fingerprint density at radius 2 is 2.17 bits per heavy atom. The number of hydrogen-bond donors (Lipinski definition) is 3. The smallest absolute Gasteiger partial charge is 0.244 e. The molecule has 4 heterocycles. The van der Waals surface area contributed by atoms with Crippen molar-refractivity contribution < 1.29 is 18.3 Å². The molecule has 2 fully saturated rings. The average Bonchev–Trinajstić information content (AvgIpc) is 3.28. The Bertz CT molecular complexity index is 1220. The van der Waals surface area contributed by atoms with E-state index in [1.165, 1.54) is 7.11 Å². The number of benzene rings is 1. The van der Waals surface area contributed by atoms with E-state index in [0.717, 1.165) is 17.7 Å². The molecule has 2 aliphatic rings. The number of piperidine rings is 1. The Hall–Kier alpha value is -3.38. The van der Waals surface area contributed by atoms with Crippen LogP contribution < -0.4 is 15.4 Å². The van der Waals surface area contributed by atoms with Crippen molar-refractivity contribution in [2.75, 3.05) is 57.3 Å². The van der Waals surface area contributed by atoms with Gasteiger partial charge in [-0.1, -0.05) is 6.07 Å². The third kappa shape index (κ3) is 4.82. The zero-order chi connectivity index (χ0) is 25.1. The summed E-state index contributed by atoms with van der Waals surface area (Å²) in [5.41, 5.74) is 10.8. The molecule has 0 amide bonds. The molecule has 2 aromatic heterocycles. The standard InChI is InChI=1S/C24H30F2N8O2/c1-35-23-22-17(15-3-4-20(31-27)21(11-15)28-8-2-7-25)5-10-34(22)32-24(30-23)29-19-6-9-33(12-18(19)26)16-13-36-14-16/h3-5,10-11,16,18-19,27-28H,2,6-9,12-14H2,1H3,(H,29,32)/t18-,19-/m1/s1. The molecule has 5 rings (SSSR count). The van der Waals surface area contributed by atoms with E-state index in [1.54, 1.807) is 16.8 Å². The molecule has 0 bridgehead atoms. The van der Waals surface area contributed by atoms with Gasteiger partial charge in [-0.05, 0) is 36.6 Å². The maximum Gasteiger partial charge on any atom is 0.244 e. The summed E-state index contributed by atoms with van der Waals surface area (Å²) >= 11 is 0. The molecule has 0 unspecified atom stereocenters. The van der Waals surface area contributed by atoms with E-state index in [0.29, 0.717) is 73.9 Å². The van der Waals surface area contributed by atoms with Crippen LogP contribution in [0.1, 0.15) is 12.8 Å². The molecule has 3 aromatic rings. The summed E-state index contributed by atoms with van der Waals surface area (Å²) < 4.78 is 40.0. The molecule has 2 saturated heterocycles. The minimum atomic E-state index is -1.05. The highest BCUT2D eigenvalue weighted by molar-refractivity contribution is 5.87. The SMILES string of the molecule is COc1nc(N[C@@H]2CCN(C3COC3)C[C@H]2F)nn2ccc(-c3ccc(N=N)c(NCCCF)c3)c12. The fourth-order valence-corrected chi connectivity index (χ4v) is 4.68. The molecule has 0 spiro atoms. The van der Waals surface area contributed by atoms with Crippen LogP contribution in [-0.2, 0) is 4.74 Å². The predicted molar refractivity (Wildman–Crippen MR) is 132 cm³/mol. The average molecular weight is 501 g/mol. The highest BCUT2D eigenvalue weighted by Gasteiger charge is 2.35. The number of halogens is 2. The van der Waals surface area contributed by atoms with E-state index in [1.807, 2.05) is 18.2 Å². The predicted octanol–water partition coefficient (Wildman–Crippen LogP) is 4.06. The zero-order valence-electron chi connectivity index (χ0n) is 20.1. The fourth-order valence-electron chi connectivity index (χ4n) is 4.68. The Balaban J connectivity index is 1.38. The van der Waals surface area contributed by atoms with Crippen molar-refractivity contribution in [2.45, 2.75) is 31.1 Å². The number of anilines is 2. The summed E-state index contributed by atoms with van der Waals surface area (Å²) in [4.78, 5) is 6.68. The number of alkyl halides is 2. The second-order valence-electron chi connectivity index (χ2n) is 9.02. The lowest BCUT2D eigenvalue weighted by Gasteiger charge is -2.42. The van der Waals surface area contributed by atoms with Crippen LogP contribution in [0.5, 0.6) is 5.88 Å². The fraction of sp³-hybridized carbons (Fsp3) is 0.500. The minimum absolute atomic E-state index is 0.298. The molecule has 0 radical (unpaired) electrons. The lowest BCUT2D eigenvalue weighted by molar-refractivity contribution is -0.0794. The van der Waals surface area contributed by atoms with Crippen LogP contribution in [-0.4, -0.2) is 84.4 Å². The lowest BCUT2D eigenvalue weighted by atomic mass is 10.0. The van der Waals surface area contributed by atoms with Gasteiger partial charge in [-0.25, -0.2) is 14.4 Å². The number of fused-ring (bicyclic) bond motifs is 1. The first kappa shape index (κ1) is 24.3. The molecule has 2 aliphatic heterocycles. The first-order chi connectivity index (χ1) is 17.6. The van der Waals surface area contributed by atoms with Crippen LogP contribution in [0, 0.1) is 5.53 Å². The van der Waals surface area contributed by atoms with E-state index in [9.17, 15) is 8.78 Å². The molecule has 36 heavy (non-hydrogen) atoms. The number of likely N-dealkylation sites (tertiary alicyclic amines) is 1. The van der Waals surface area contributed by atoms with Crippen LogP contribution in [0.3, 0.4) is 0 Å². The van der Waals surface area contributed by atoms with Gasteiger partial charge in [0.1, 0.15) is 17.4 Å². The minimum Gasteiger partial charge on any atom is -0.479 e. The number of nitrogens with zero attached hydrogens (tertiary/aromatic N) is 5. The maximum atomic E-state index is 15.0. The summed E-state index contributed by atoms with van der Waals surface area (Å²) in [5.74, 6) is 0.652. The van der Waals surface area contributed by atoms with E-state index in [4.69, 9.17) is 15.0 Å². The largest absolute Gasteiger partial charge is 0.479 e. The van der Waals surface area contributed by atoms with Gasteiger partial charge in [-0.3, -0.25) is 9.29 Å². The molecule has 1 aromatic carbocycles. The topological polar surface area (TPSA) is 112 Å². The summed E-state index contributed by atoms with van der Waals surface area (Å²) in [6, 6.07) is 7.27. The van der Waals surface area contributed by atoms with Crippen LogP contribution >= 0.6 is 0 Å². The van der Waals surface area contributed by atoms with Crippen molar-refractivity contribution >= 4 is 22.8 Å². The molecule has 10 nitrogen and oxygen atoms in total. The van der Waals surface area contributed by atoms with Crippen molar-refractivity contribution in [3.8, 4) is 17.0 Å². The van der Waals surface area contributed by atoms with Crippen molar-refractivity contribution in [3.63, 3.8) is 0 Å². The number of methoxy groups -OCH3 is 1. The number of hydrogen-bond acceptors (Lipinski definition) is 9. The monoisotopic (exact) mass is 500 g/mol. The molecule has 0 aliphatic carbocycles. The third-order valence-electron chi connectivity index (χ3n) is 6.75. The van der Waals surface area contributed by atoms with Crippen molar-refractivity contribution in [1.82, 2.24) is 19.5 Å². The van der Waals surface area contributed by atoms with E-state index in [-0.39, 0.29) is 0 Å². The number of rotatable bonds is 10.